The average Bonchev–Trinajstić information content (AvgIpc) is 3.90. The van der Waals surface area contributed by atoms with E-state index in [1.54, 1.807) is 48.5 Å². The highest BCUT2D eigenvalue weighted by atomic mass is 19.1. The van der Waals surface area contributed by atoms with Crippen molar-refractivity contribution in [3.8, 4) is 68.0 Å². The topological polar surface area (TPSA) is 57.4 Å². The molecule has 0 fully saturated rings. The maximum absolute atomic E-state index is 14.9. The Kier molecular flexibility index (Phi) is 9.67. The molecule has 0 aliphatic rings. The summed E-state index contributed by atoms with van der Waals surface area (Å²) in [6, 6.07) is 67.2. The summed E-state index contributed by atoms with van der Waals surface area (Å²) in [5, 5.41) is 25.0. The summed E-state index contributed by atoms with van der Waals surface area (Å²) < 4.78 is 63.9. The first-order chi connectivity index (χ1) is 35.2. The van der Waals surface area contributed by atoms with E-state index in [0.29, 0.717) is 32.7 Å². The van der Waals surface area contributed by atoms with Crippen LogP contribution in [-0.2, 0) is 0 Å². The van der Waals surface area contributed by atoms with Gasteiger partial charge in [-0.25, -0.2) is 17.6 Å². The Balaban J connectivity index is 1.12. The first-order valence-corrected chi connectivity index (χ1v) is 23.3. The van der Waals surface area contributed by atoms with Gasteiger partial charge in [-0.05, 0) is 187 Å². The van der Waals surface area contributed by atoms with Gasteiger partial charge in [0, 0.05) is 32.9 Å². The Morgan fingerprint density at radius 3 is 0.833 bits per heavy atom. The lowest BCUT2D eigenvalue weighted by atomic mass is 9.85. The molecule has 0 radical (unpaired) electrons. The van der Waals surface area contributed by atoms with E-state index in [4.69, 9.17) is 0 Å². The number of nitriles is 2. The van der Waals surface area contributed by atoms with Crippen molar-refractivity contribution in [2.24, 2.45) is 0 Å². The zero-order valence-electron chi connectivity index (χ0n) is 37.9. The van der Waals surface area contributed by atoms with Crippen molar-refractivity contribution in [1.82, 2.24) is 9.13 Å². The van der Waals surface area contributed by atoms with Crippen LogP contribution in [0.1, 0.15) is 11.1 Å². The zero-order valence-corrected chi connectivity index (χ0v) is 37.9. The van der Waals surface area contributed by atoms with Crippen LogP contribution in [0.5, 0.6) is 0 Å². The smallest absolute Gasteiger partial charge is 0.123 e. The Bertz CT molecular complexity index is 4070. The van der Waals surface area contributed by atoms with Crippen LogP contribution in [0.4, 0.5) is 17.6 Å². The highest BCUT2D eigenvalue weighted by Crippen LogP contribution is 2.47. The van der Waals surface area contributed by atoms with Gasteiger partial charge in [0.25, 0.3) is 0 Å². The highest BCUT2D eigenvalue weighted by molar-refractivity contribution is 6.23. The number of aromatic nitrogens is 2. The minimum absolute atomic E-state index is 0.419. The van der Waals surface area contributed by atoms with E-state index in [9.17, 15) is 28.1 Å². The van der Waals surface area contributed by atoms with Gasteiger partial charge in [0.15, 0.2) is 0 Å². The molecule has 0 atom stereocenters. The van der Waals surface area contributed by atoms with Crippen molar-refractivity contribution in [2.45, 2.75) is 0 Å². The molecule has 8 heteroatoms. The standard InChI is InChI=1S/C64H34F4N4/c65-45-17-25-59-53(29-45)54-30-46(66)18-26-60(54)71(59)49-22-24-52-57(33-49)63(43-13-9-41(10-14-43)39-5-1-37(35-69)2-6-39)51-23-21-50(72-61-27-19-47(67)31-55(61)56-32-48(68)20-28-62(56)72)34-58(51)64(52)44-15-11-42(12-16-44)40-7-3-38(36-70)4-8-40/h1-34H. The minimum atomic E-state index is -0.419. The Morgan fingerprint density at radius 1 is 0.264 bits per heavy atom. The normalized spacial score (nSPS) is 11.6. The number of benzene rings is 11. The van der Waals surface area contributed by atoms with E-state index in [2.05, 4.69) is 84.9 Å². The molecule has 0 N–H and O–H groups in total. The van der Waals surface area contributed by atoms with Crippen molar-refractivity contribution in [3.05, 3.63) is 241 Å². The second-order valence-electron chi connectivity index (χ2n) is 18.1. The zero-order chi connectivity index (χ0) is 48.8. The molecule has 0 unspecified atom stereocenters. The van der Waals surface area contributed by atoms with Gasteiger partial charge in [-0.3, -0.25) is 0 Å². The molecular formula is C64H34F4N4. The minimum Gasteiger partial charge on any atom is -0.309 e. The second-order valence-corrected chi connectivity index (χ2v) is 18.1. The molecule has 0 saturated carbocycles. The van der Waals surface area contributed by atoms with Crippen LogP contribution in [0.3, 0.4) is 0 Å². The second kappa shape index (κ2) is 16.4. The first kappa shape index (κ1) is 42.4. The van der Waals surface area contributed by atoms with Crippen LogP contribution < -0.4 is 0 Å². The molecule has 13 rings (SSSR count). The lowest BCUT2D eigenvalue weighted by Gasteiger charge is -2.21. The van der Waals surface area contributed by atoms with Crippen LogP contribution in [-0.4, -0.2) is 9.13 Å². The molecule has 0 bridgehead atoms. The quantitative estimate of drug-likeness (QED) is 0.123. The number of rotatable bonds is 6. The van der Waals surface area contributed by atoms with E-state index in [1.807, 2.05) is 45.5 Å². The summed E-state index contributed by atoms with van der Waals surface area (Å²) in [6.45, 7) is 0. The Morgan fingerprint density at radius 2 is 0.542 bits per heavy atom. The Hall–Kier alpha value is -9.76. The predicted octanol–water partition coefficient (Wildman–Crippen LogP) is 17.2. The third-order valence-electron chi connectivity index (χ3n) is 14.0. The van der Waals surface area contributed by atoms with Gasteiger partial charge < -0.3 is 9.13 Å². The van der Waals surface area contributed by atoms with Gasteiger partial charge >= 0.3 is 0 Å². The molecule has 72 heavy (non-hydrogen) atoms. The van der Waals surface area contributed by atoms with Gasteiger partial charge in [-0.2, -0.15) is 10.5 Å². The molecule has 13 aromatic rings. The van der Waals surface area contributed by atoms with E-state index < -0.39 is 23.3 Å². The summed E-state index contributed by atoms with van der Waals surface area (Å²) in [4.78, 5) is 0. The summed E-state index contributed by atoms with van der Waals surface area (Å²) >= 11 is 0. The van der Waals surface area contributed by atoms with Crippen LogP contribution >= 0.6 is 0 Å². The van der Waals surface area contributed by atoms with Crippen molar-refractivity contribution in [2.75, 3.05) is 0 Å². The van der Waals surface area contributed by atoms with Crippen LogP contribution in [0.25, 0.3) is 121 Å². The Labute approximate surface area is 409 Å². The molecule has 0 amide bonds. The third kappa shape index (κ3) is 6.81. The van der Waals surface area contributed by atoms with Gasteiger partial charge in [0.2, 0.25) is 0 Å². The number of fused-ring (bicyclic) bond motifs is 8. The van der Waals surface area contributed by atoms with Gasteiger partial charge in [0.1, 0.15) is 23.3 Å². The third-order valence-corrected chi connectivity index (χ3v) is 14.0. The molecule has 0 aliphatic heterocycles. The molecule has 0 saturated heterocycles. The first-order valence-electron chi connectivity index (χ1n) is 23.3. The average molecular weight is 935 g/mol. The summed E-state index contributed by atoms with van der Waals surface area (Å²) in [5.41, 5.74) is 13.3. The van der Waals surface area contributed by atoms with E-state index in [1.165, 1.54) is 48.5 Å². The van der Waals surface area contributed by atoms with Crippen LogP contribution in [0.2, 0.25) is 0 Å². The number of nitrogens with zero attached hydrogens (tertiary/aromatic N) is 4. The number of halogens is 4. The van der Waals surface area contributed by atoms with E-state index >= 15 is 0 Å². The maximum Gasteiger partial charge on any atom is 0.123 e. The van der Waals surface area contributed by atoms with E-state index in [0.717, 1.165) is 99.5 Å². The SMILES string of the molecule is N#Cc1ccc(-c2ccc(-c3c4ccc(-n5c6ccc(F)cc6c6cc(F)ccc65)cc4c(-c4ccc(-c5ccc(C#N)cc5)cc4)c4ccc(-n5c6ccc(F)cc6c6cc(F)ccc65)cc34)cc2)cc1. The molecular weight excluding hydrogens is 901 g/mol. The summed E-state index contributed by atoms with van der Waals surface area (Å²) in [7, 11) is 0. The lowest BCUT2D eigenvalue weighted by molar-refractivity contribution is 0.628. The van der Waals surface area contributed by atoms with Crippen molar-refractivity contribution in [3.63, 3.8) is 0 Å². The molecule has 0 aliphatic carbocycles. The van der Waals surface area contributed by atoms with Gasteiger partial charge in [-0.1, -0.05) is 84.9 Å². The van der Waals surface area contributed by atoms with Crippen molar-refractivity contribution < 1.29 is 17.6 Å². The molecule has 0 spiro atoms. The van der Waals surface area contributed by atoms with Crippen molar-refractivity contribution in [1.29, 1.82) is 10.5 Å². The highest BCUT2D eigenvalue weighted by Gasteiger charge is 2.22. The fourth-order valence-corrected chi connectivity index (χ4v) is 10.7. The molecule has 2 heterocycles. The van der Waals surface area contributed by atoms with Crippen molar-refractivity contribution >= 4 is 65.2 Å². The van der Waals surface area contributed by atoms with Crippen LogP contribution in [0, 0.1) is 45.9 Å². The van der Waals surface area contributed by atoms with Gasteiger partial charge in [0.05, 0.1) is 45.3 Å². The monoisotopic (exact) mass is 934 g/mol. The fraction of sp³-hybridized carbons (Fsp3) is 0. The maximum atomic E-state index is 14.9. The summed E-state index contributed by atoms with van der Waals surface area (Å²) in [6.07, 6.45) is 0. The van der Waals surface area contributed by atoms with Crippen LogP contribution in [0.15, 0.2) is 206 Å². The van der Waals surface area contributed by atoms with E-state index in [-0.39, 0.29) is 0 Å². The fourth-order valence-electron chi connectivity index (χ4n) is 10.7. The predicted molar refractivity (Wildman–Crippen MR) is 281 cm³/mol. The molecule has 338 valence electrons. The molecule has 2 aromatic heterocycles. The lowest BCUT2D eigenvalue weighted by Crippen LogP contribution is -1.98. The van der Waals surface area contributed by atoms with Gasteiger partial charge in [-0.15, -0.1) is 0 Å². The number of hydrogen-bond acceptors (Lipinski definition) is 2. The molecule has 11 aromatic carbocycles. The largest absolute Gasteiger partial charge is 0.309 e. The molecule has 4 nitrogen and oxygen atoms in total. The summed E-state index contributed by atoms with van der Waals surface area (Å²) in [5.74, 6) is -1.68. The number of hydrogen-bond donors (Lipinski definition) is 0.